The maximum atomic E-state index is 12.2. The molecule has 0 saturated carbocycles. The average molecular weight is 288 g/mol. The Hall–Kier alpha value is -1.84. The highest BCUT2D eigenvalue weighted by Gasteiger charge is 2.19. The van der Waals surface area contributed by atoms with E-state index in [-0.39, 0.29) is 11.8 Å². The van der Waals surface area contributed by atoms with Crippen LogP contribution in [0.15, 0.2) is 24.3 Å². The summed E-state index contributed by atoms with van der Waals surface area (Å²) in [4.78, 5) is 27.6. The Kier molecular flexibility index (Phi) is 5.37. The second kappa shape index (κ2) is 7.25. The highest BCUT2D eigenvalue weighted by Crippen LogP contribution is 2.17. The summed E-state index contributed by atoms with van der Waals surface area (Å²) in [6, 6.07) is 7.83. The Balaban J connectivity index is 1.95. The number of piperidine rings is 1. The van der Waals surface area contributed by atoms with Gasteiger partial charge in [-0.1, -0.05) is 17.7 Å². The summed E-state index contributed by atoms with van der Waals surface area (Å²) in [6.07, 6.45) is 3.81. The molecule has 4 heteroatoms. The van der Waals surface area contributed by atoms with Gasteiger partial charge in [-0.2, -0.15) is 0 Å². The third-order valence-electron chi connectivity index (χ3n) is 3.98. The third kappa shape index (κ3) is 4.31. The van der Waals surface area contributed by atoms with Gasteiger partial charge in [0, 0.05) is 38.7 Å². The molecule has 1 heterocycles. The van der Waals surface area contributed by atoms with Crippen LogP contribution in [0.1, 0.15) is 38.2 Å². The number of aryl methyl sites for hydroxylation is 1. The van der Waals surface area contributed by atoms with Crippen molar-refractivity contribution in [3.63, 3.8) is 0 Å². The summed E-state index contributed by atoms with van der Waals surface area (Å²) in [7, 11) is 0. The van der Waals surface area contributed by atoms with E-state index in [9.17, 15) is 9.59 Å². The predicted molar refractivity (Wildman–Crippen MR) is 84.3 cm³/mol. The van der Waals surface area contributed by atoms with E-state index in [4.69, 9.17) is 0 Å². The van der Waals surface area contributed by atoms with Crippen molar-refractivity contribution in [3.8, 4) is 0 Å². The van der Waals surface area contributed by atoms with Gasteiger partial charge < -0.3 is 9.80 Å². The number of rotatable bonds is 4. The standard InChI is InChI=1S/C17H24N2O2/c1-14-6-8-16(9-7-14)19(15(2)20)13-10-17(21)18-11-4-3-5-12-18/h6-9H,3-5,10-13H2,1-2H3. The van der Waals surface area contributed by atoms with Crippen molar-refractivity contribution in [3.05, 3.63) is 29.8 Å². The van der Waals surface area contributed by atoms with Crippen LogP contribution in [0.4, 0.5) is 5.69 Å². The lowest BCUT2D eigenvalue weighted by molar-refractivity contribution is -0.131. The van der Waals surface area contributed by atoms with Crippen LogP contribution in [-0.4, -0.2) is 36.3 Å². The van der Waals surface area contributed by atoms with Crippen molar-refractivity contribution in [1.82, 2.24) is 4.90 Å². The van der Waals surface area contributed by atoms with Crippen molar-refractivity contribution in [2.75, 3.05) is 24.5 Å². The van der Waals surface area contributed by atoms with Crippen LogP contribution >= 0.6 is 0 Å². The lowest BCUT2D eigenvalue weighted by Gasteiger charge is -2.28. The van der Waals surface area contributed by atoms with Gasteiger partial charge >= 0.3 is 0 Å². The normalized spacial score (nSPS) is 14.9. The van der Waals surface area contributed by atoms with Crippen molar-refractivity contribution < 1.29 is 9.59 Å². The summed E-state index contributed by atoms with van der Waals surface area (Å²) in [5.41, 5.74) is 2.02. The molecule has 4 nitrogen and oxygen atoms in total. The number of amides is 2. The minimum absolute atomic E-state index is 0.0229. The molecule has 0 atom stereocenters. The Morgan fingerprint density at radius 1 is 1.10 bits per heavy atom. The first kappa shape index (κ1) is 15.5. The van der Waals surface area contributed by atoms with Crippen LogP contribution in [0, 0.1) is 6.92 Å². The number of nitrogens with zero attached hydrogens (tertiary/aromatic N) is 2. The summed E-state index contributed by atoms with van der Waals surface area (Å²) < 4.78 is 0. The molecular weight excluding hydrogens is 264 g/mol. The molecule has 2 amide bonds. The molecule has 0 radical (unpaired) electrons. The fraction of sp³-hybridized carbons (Fsp3) is 0.529. The topological polar surface area (TPSA) is 40.6 Å². The SMILES string of the molecule is CC(=O)N(CCC(=O)N1CCCCC1)c1ccc(C)cc1. The second-order valence-corrected chi connectivity index (χ2v) is 5.70. The summed E-state index contributed by atoms with van der Waals surface area (Å²) in [6.45, 7) is 5.74. The van der Waals surface area contributed by atoms with Gasteiger partial charge in [0.05, 0.1) is 0 Å². The van der Waals surface area contributed by atoms with Crippen LogP contribution in [0.3, 0.4) is 0 Å². The maximum Gasteiger partial charge on any atom is 0.224 e. The molecule has 1 fully saturated rings. The Morgan fingerprint density at radius 2 is 1.71 bits per heavy atom. The van der Waals surface area contributed by atoms with E-state index in [0.29, 0.717) is 13.0 Å². The van der Waals surface area contributed by atoms with Crippen molar-refractivity contribution in [2.45, 2.75) is 39.5 Å². The molecule has 1 aliphatic heterocycles. The molecule has 2 rings (SSSR count). The Labute approximate surface area is 126 Å². The van der Waals surface area contributed by atoms with Crippen LogP contribution < -0.4 is 4.90 Å². The first-order chi connectivity index (χ1) is 10.1. The minimum Gasteiger partial charge on any atom is -0.343 e. The number of anilines is 1. The molecule has 0 bridgehead atoms. The number of carbonyl (C=O) groups is 2. The molecule has 1 aliphatic rings. The van der Waals surface area contributed by atoms with E-state index in [1.165, 1.54) is 6.42 Å². The zero-order valence-corrected chi connectivity index (χ0v) is 13.0. The molecular formula is C17H24N2O2. The van der Waals surface area contributed by atoms with Gasteiger partial charge in [-0.25, -0.2) is 0 Å². The molecule has 0 aromatic heterocycles. The second-order valence-electron chi connectivity index (χ2n) is 5.70. The van der Waals surface area contributed by atoms with Gasteiger partial charge in [-0.05, 0) is 38.3 Å². The molecule has 114 valence electrons. The highest BCUT2D eigenvalue weighted by atomic mass is 16.2. The fourth-order valence-electron chi connectivity index (χ4n) is 2.70. The van der Waals surface area contributed by atoms with Crippen LogP contribution in [-0.2, 0) is 9.59 Å². The Morgan fingerprint density at radius 3 is 2.29 bits per heavy atom. The van der Waals surface area contributed by atoms with E-state index < -0.39 is 0 Å². The lowest BCUT2D eigenvalue weighted by atomic mass is 10.1. The third-order valence-corrected chi connectivity index (χ3v) is 3.98. The first-order valence-electron chi connectivity index (χ1n) is 7.70. The van der Waals surface area contributed by atoms with Gasteiger partial charge in [-0.3, -0.25) is 9.59 Å². The van der Waals surface area contributed by atoms with Crippen molar-refractivity contribution >= 4 is 17.5 Å². The summed E-state index contributed by atoms with van der Waals surface area (Å²) in [5, 5.41) is 0. The van der Waals surface area contributed by atoms with Gasteiger partial charge in [0.1, 0.15) is 0 Å². The zero-order chi connectivity index (χ0) is 15.2. The minimum atomic E-state index is -0.0229. The average Bonchev–Trinajstić information content (AvgIpc) is 2.49. The van der Waals surface area contributed by atoms with E-state index in [1.54, 1.807) is 11.8 Å². The molecule has 21 heavy (non-hydrogen) atoms. The van der Waals surface area contributed by atoms with E-state index in [0.717, 1.165) is 37.2 Å². The zero-order valence-electron chi connectivity index (χ0n) is 13.0. The molecule has 0 spiro atoms. The van der Waals surface area contributed by atoms with Gasteiger partial charge in [-0.15, -0.1) is 0 Å². The largest absolute Gasteiger partial charge is 0.343 e. The Bertz CT molecular complexity index is 490. The molecule has 0 N–H and O–H groups in total. The van der Waals surface area contributed by atoms with E-state index >= 15 is 0 Å². The number of carbonyl (C=O) groups excluding carboxylic acids is 2. The molecule has 1 aromatic carbocycles. The molecule has 1 aromatic rings. The summed E-state index contributed by atoms with van der Waals surface area (Å²) in [5.74, 6) is 0.137. The number of hydrogen-bond acceptors (Lipinski definition) is 2. The predicted octanol–water partition coefficient (Wildman–Crippen LogP) is 2.75. The monoisotopic (exact) mass is 288 g/mol. The maximum absolute atomic E-state index is 12.2. The van der Waals surface area contributed by atoms with Crippen molar-refractivity contribution in [2.24, 2.45) is 0 Å². The van der Waals surface area contributed by atoms with Crippen LogP contribution in [0.5, 0.6) is 0 Å². The molecule has 0 aliphatic carbocycles. The lowest BCUT2D eigenvalue weighted by Crippen LogP contribution is -2.38. The molecule has 0 unspecified atom stereocenters. The number of hydrogen-bond donors (Lipinski definition) is 0. The van der Waals surface area contributed by atoms with Crippen molar-refractivity contribution in [1.29, 1.82) is 0 Å². The van der Waals surface area contributed by atoms with Crippen LogP contribution in [0.25, 0.3) is 0 Å². The van der Waals surface area contributed by atoms with Gasteiger partial charge in [0.2, 0.25) is 11.8 Å². The summed E-state index contributed by atoms with van der Waals surface area (Å²) >= 11 is 0. The molecule has 1 saturated heterocycles. The van der Waals surface area contributed by atoms with E-state index in [1.807, 2.05) is 36.1 Å². The first-order valence-corrected chi connectivity index (χ1v) is 7.70. The van der Waals surface area contributed by atoms with E-state index in [2.05, 4.69) is 0 Å². The number of benzene rings is 1. The van der Waals surface area contributed by atoms with Crippen LogP contribution in [0.2, 0.25) is 0 Å². The van der Waals surface area contributed by atoms with Gasteiger partial charge in [0.15, 0.2) is 0 Å². The quantitative estimate of drug-likeness (QED) is 0.854. The fourth-order valence-corrected chi connectivity index (χ4v) is 2.70. The highest BCUT2D eigenvalue weighted by molar-refractivity contribution is 5.92. The smallest absolute Gasteiger partial charge is 0.224 e. The van der Waals surface area contributed by atoms with Gasteiger partial charge in [0.25, 0.3) is 0 Å². The number of likely N-dealkylation sites (tertiary alicyclic amines) is 1.